The molecule has 7 nitrogen and oxygen atoms in total. The molecule has 98 valence electrons. The number of ether oxygens (including phenoxy) is 1. The van der Waals surface area contributed by atoms with E-state index in [0.717, 1.165) is 17.7 Å². The number of aryl methyl sites for hydroxylation is 2. The van der Waals surface area contributed by atoms with Gasteiger partial charge in [0.05, 0.1) is 5.69 Å². The standard InChI is InChI=1S/C12H14N6O/c1-4-8-9(6-13)11(16-15-10(8)5-2)19-12-14-7-18(3)17-12/h7H,4-5H2,1-3H3. The van der Waals surface area contributed by atoms with Crippen LogP contribution in [0.15, 0.2) is 6.33 Å². The summed E-state index contributed by atoms with van der Waals surface area (Å²) in [6.07, 6.45) is 2.94. The van der Waals surface area contributed by atoms with Crippen LogP contribution in [0.4, 0.5) is 0 Å². The van der Waals surface area contributed by atoms with E-state index in [-0.39, 0.29) is 11.9 Å². The Bertz CT molecular complexity index is 628. The highest BCUT2D eigenvalue weighted by Gasteiger charge is 2.17. The first-order valence-electron chi connectivity index (χ1n) is 6.01. The van der Waals surface area contributed by atoms with Crippen LogP contribution in [0.25, 0.3) is 0 Å². The van der Waals surface area contributed by atoms with Crippen molar-refractivity contribution in [1.29, 1.82) is 5.26 Å². The summed E-state index contributed by atoms with van der Waals surface area (Å²) in [5.74, 6) is 0.155. The minimum Gasteiger partial charge on any atom is -0.401 e. The highest BCUT2D eigenvalue weighted by Crippen LogP contribution is 2.24. The number of aromatic nitrogens is 5. The molecule has 0 fully saturated rings. The second-order valence-corrected chi connectivity index (χ2v) is 3.93. The Kier molecular flexibility index (Phi) is 3.71. The summed E-state index contributed by atoms with van der Waals surface area (Å²) in [6.45, 7) is 3.95. The Balaban J connectivity index is 2.43. The number of nitrogens with zero attached hydrogens (tertiary/aromatic N) is 6. The lowest BCUT2D eigenvalue weighted by molar-refractivity contribution is 0.413. The average molecular weight is 258 g/mol. The molecule has 0 aliphatic carbocycles. The predicted octanol–water partition coefficient (Wildman–Crippen LogP) is 1.39. The number of hydrogen-bond acceptors (Lipinski definition) is 6. The summed E-state index contributed by atoms with van der Waals surface area (Å²) in [5.41, 5.74) is 2.09. The van der Waals surface area contributed by atoms with Gasteiger partial charge >= 0.3 is 6.01 Å². The minimum absolute atomic E-state index is 0.152. The van der Waals surface area contributed by atoms with Crippen molar-refractivity contribution in [3.63, 3.8) is 0 Å². The lowest BCUT2D eigenvalue weighted by atomic mass is 10.0. The zero-order valence-electron chi connectivity index (χ0n) is 11.1. The smallest absolute Gasteiger partial charge is 0.342 e. The summed E-state index contributed by atoms with van der Waals surface area (Å²) in [5, 5.41) is 21.3. The Labute approximate surface area is 110 Å². The number of rotatable bonds is 4. The lowest BCUT2D eigenvalue weighted by Crippen LogP contribution is -2.05. The molecule has 0 radical (unpaired) electrons. The highest BCUT2D eigenvalue weighted by molar-refractivity contribution is 5.46. The molecule has 2 heterocycles. The van der Waals surface area contributed by atoms with E-state index in [9.17, 15) is 5.26 Å². The maximum atomic E-state index is 9.29. The molecule has 0 bridgehead atoms. The van der Waals surface area contributed by atoms with E-state index in [2.05, 4.69) is 26.3 Å². The van der Waals surface area contributed by atoms with E-state index in [1.807, 2.05) is 13.8 Å². The van der Waals surface area contributed by atoms with Crippen LogP contribution >= 0.6 is 0 Å². The molecular weight excluding hydrogens is 244 g/mol. The van der Waals surface area contributed by atoms with Crippen LogP contribution in [0.2, 0.25) is 0 Å². The van der Waals surface area contributed by atoms with E-state index in [4.69, 9.17) is 4.74 Å². The Morgan fingerprint density at radius 3 is 2.63 bits per heavy atom. The summed E-state index contributed by atoms with van der Waals surface area (Å²) < 4.78 is 6.93. The quantitative estimate of drug-likeness (QED) is 0.823. The molecule has 19 heavy (non-hydrogen) atoms. The normalized spacial score (nSPS) is 10.2. The van der Waals surface area contributed by atoms with Gasteiger partial charge in [-0.2, -0.15) is 15.3 Å². The molecule has 0 aliphatic rings. The first-order chi connectivity index (χ1) is 9.19. The van der Waals surface area contributed by atoms with Gasteiger partial charge < -0.3 is 4.74 Å². The molecule has 0 unspecified atom stereocenters. The van der Waals surface area contributed by atoms with E-state index in [1.165, 1.54) is 11.0 Å². The first-order valence-corrected chi connectivity index (χ1v) is 6.01. The van der Waals surface area contributed by atoms with Gasteiger partial charge in [-0.3, -0.25) is 4.68 Å². The maximum Gasteiger partial charge on any atom is 0.342 e. The van der Waals surface area contributed by atoms with Crippen molar-refractivity contribution >= 4 is 0 Å². The van der Waals surface area contributed by atoms with Crippen LogP contribution in [-0.4, -0.2) is 25.0 Å². The van der Waals surface area contributed by atoms with E-state index >= 15 is 0 Å². The fourth-order valence-electron chi connectivity index (χ4n) is 1.79. The van der Waals surface area contributed by atoms with Crippen LogP contribution in [-0.2, 0) is 19.9 Å². The Morgan fingerprint density at radius 1 is 1.32 bits per heavy atom. The van der Waals surface area contributed by atoms with Gasteiger partial charge in [-0.25, -0.2) is 0 Å². The lowest BCUT2D eigenvalue weighted by Gasteiger charge is -2.09. The molecule has 7 heteroatoms. The van der Waals surface area contributed by atoms with Gasteiger partial charge in [0.1, 0.15) is 18.0 Å². The van der Waals surface area contributed by atoms with Crippen molar-refractivity contribution in [3.05, 3.63) is 23.1 Å². The Morgan fingerprint density at radius 2 is 2.11 bits per heavy atom. The molecular formula is C12H14N6O. The third-order valence-electron chi connectivity index (χ3n) is 2.69. The van der Waals surface area contributed by atoms with Gasteiger partial charge in [0.15, 0.2) is 0 Å². The molecule has 0 saturated carbocycles. The van der Waals surface area contributed by atoms with Gasteiger partial charge in [0.2, 0.25) is 0 Å². The Hall–Kier alpha value is -2.49. The fraction of sp³-hybridized carbons (Fsp3) is 0.417. The SMILES string of the molecule is CCc1nnc(Oc2ncn(C)n2)c(C#N)c1CC. The molecule has 0 spiro atoms. The number of hydrogen-bond donors (Lipinski definition) is 0. The van der Waals surface area contributed by atoms with Gasteiger partial charge in [-0.15, -0.1) is 10.2 Å². The molecule has 2 rings (SSSR count). The molecule has 0 aromatic carbocycles. The number of nitriles is 1. The van der Waals surface area contributed by atoms with Crippen molar-refractivity contribution in [2.24, 2.45) is 7.05 Å². The molecule has 0 saturated heterocycles. The average Bonchev–Trinajstić information content (AvgIpc) is 2.83. The van der Waals surface area contributed by atoms with E-state index in [1.54, 1.807) is 7.05 Å². The van der Waals surface area contributed by atoms with Crippen LogP contribution < -0.4 is 4.74 Å². The van der Waals surface area contributed by atoms with Crippen LogP contribution in [0.5, 0.6) is 11.9 Å². The molecule has 2 aromatic heterocycles. The molecule has 0 amide bonds. The van der Waals surface area contributed by atoms with Gasteiger partial charge in [-0.05, 0) is 18.4 Å². The topological polar surface area (TPSA) is 89.5 Å². The monoisotopic (exact) mass is 258 g/mol. The third kappa shape index (κ3) is 2.52. The largest absolute Gasteiger partial charge is 0.401 e. The zero-order chi connectivity index (χ0) is 13.8. The summed E-state index contributed by atoms with van der Waals surface area (Å²) in [7, 11) is 1.73. The molecule has 0 N–H and O–H groups in total. The highest BCUT2D eigenvalue weighted by atomic mass is 16.5. The first kappa shape index (κ1) is 13.0. The third-order valence-corrected chi connectivity index (χ3v) is 2.69. The van der Waals surface area contributed by atoms with Gasteiger partial charge in [0.25, 0.3) is 5.88 Å². The van der Waals surface area contributed by atoms with Gasteiger partial charge in [-0.1, -0.05) is 13.8 Å². The van der Waals surface area contributed by atoms with Crippen LogP contribution in [0, 0.1) is 11.3 Å². The molecule has 0 aliphatic heterocycles. The van der Waals surface area contributed by atoms with Crippen molar-refractivity contribution < 1.29 is 4.74 Å². The van der Waals surface area contributed by atoms with E-state index < -0.39 is 0 Å². The van der Waals surface area contributed by atoms with Gasteiger partial charge in [0, 0.05) is 7.05 Å². The minimum atomic E-state index is 0.152. The fourth-order valence-corrected chi connectivity index (χ4v) is 1.79. The van der Waals surface area contributed by atoms with Crippen LogP contribution in [0.1, 0.15) is 30.7 Å². The second kappa shape index (κ2) is 5.44. The second-order valence-electron chi connectivity index (χ2n) is 3.93. The predicted molar refractivity (Wildman–Crippen MR) is 66.6 cm³/mol. The van der Waals surface area contributed by atoms with Crippen molar-refractivity contribution in [1.82, 2.24) is 25.0 Å². The van der Waals surface area contributed by atoms with E-state index in [0.29, 0.717) is 12.0 Å². The summed E-state index contributed by atoms with van der Waals surface area (Å²) in [4.78, 5) is 3.94. The molecule has 2 aromatic rings. The summed E-state index contributed by atoms with van der Waals surface area (Å²) >= 11 is 0. The van der Waals surface area contributed by atoms with Crippen molar-refractivity contribution in [3.8, 4) is 18.0 Å². The van der Waals surface area contributed by atoms with Crippen LogP contribution in [0.3, 0.4) is 0 Å². The summed E-state index contributed by atoms with van der Waals surface area (Å²) in [6, 6.07) is 2.28. The zero-order valence-corrected chi connectivity index (χ0v) is 11.1. The van der Waals surface area contributed by atoms with Crippen molar-refractivity contribution in [2.75, 3.05) is 0 Å². The maximum absolute atomic E-state index is 9.29. The van der Waals surface area contributed by atoms with Crippen molar-refractivity contribution in [2.45, 2.75) is 26.7 Å². The molecule has 0 atom stereocenters.